The number of fused-ring (bicyclic) bond motifs is 1. The van der Waals surface area contributed by atoms with Gasteiger partial charge in [-0.3, -0.25) is 24.7 Å². The van der Waals surface area contributed by atoms with Gasteiger partial charge in [0.2, 0.25) is 11.8 Å². The number of imide groups is 1. The molecule has 9 nitrogen and oxygen atoms in total. The van der Waals surface area contributed by atoms with Crippen molar-refractivity contribution in [2.24, 2.45) is 0 Å². The van der Waals surface area contributed by atoms with Crippen LogP contribution in [0.4, 0.5) is 10.5 Å². The average Bonchev–Trinajstić information content (AvgIpc) is 3.19. The number of piperidine rings is 1. The maximum atomic E-state index is 12.9. The molecule has 0 aliphatic carbocycles. The van der Waals surface area contributed by atoms with Gasteiger partial charge in [0.1, 0.15) is 6.04 Å². The average molecular weight is 498 g/mol. The number of rotatable bonds is 5. The van der Waals surface area contributed by atoms with Crippen molar-refractivity contribution in [3.63, 3.8) is 0 Å². The molecule has 0 saturated carbocycles. The molecule has 5 amide bonds. The maximum absolute atomic E-state index is 12.9. The first-order chi connectivity index (χ1) is 17.7. The van der Waals surface area contributed by atoms with Crippen molar-refractivity contribution in [3.05, 3.63) is 83.7 Å². The summed E-state index contributed by atoms with van der Waals surface area (Å²) in [5.41, 5.74) is 4.00. The molecule has 0 radical (unpaired) electrons. The lowest BCUT2D eigenvalue weighted by molar-refractivity contribution is -0.136. The van der Waals surface area contributed by atoms with Crippen molar-refractivity contribution in [2.75, 3.05) is 5.32 Å². The Kier molecular flexibility index (Phi) is 6.20. The Morgan fingerprint density at radius 1 is 1.05 bits per heavy atom. The van der Waals surface area contributed by atoms with Crippen molar-refractivity contribution >= 4 is 29.4 Å². The summed E-state index contributed by atoms with van der Waals surface area (Å²) in [6.07, 6.45) is 4.02. The standard InChI is InChI=1S/C28H27N5O4/c1-28(2,20-7-3-5-17(13-20)18-6-4-12-29-15-18)32-27(37)30-21-8-9-22-19(14-21)16-33(26(22)36)23-10-11-24(34)31-25(23)35/h3-9,12-15,23H,10-11,16H2,1-2H3,(H2,30,32,37)(H,31,34,35). The van der Waals surface area contributed by atoms with Crippen LogP contribution in [0.25, 0.3) is 11.1 Å². The Labute approximate surface area is 214 Å². The second kappa shape index (κ2) is 9.50. The number of nitrogens with zero attached hydrogens (tertiary/aromatic N) is 2. The number of aromatic nitrogens is 1. The number of benzene rings is 2. The van der Waals surface area contributed by atoms with E-state index in [0.717, 1.165) is 22.3 Å². The van der Waals surface area contributed by atoms with Gasteiger partial charge in [-0.15, -0.1) is 0 Å². The molecule has 5 rings (SSSR count). The van der Waals surface area contributed by atoms with Crippen molar-refractivity contribution in [2.45, 2.75) is 44.8 Å². The van der Waals surface area contributed by atoms with Gasteiger partial charge in [-0.05, 0) is 72.9 Å². The first kappa shape index (κ1) is 24.2. The summed E-state index contributed by atoms with van der Waals surface area (Å²) in [7, 11) is 0. The van der Waals surface area contributed by atoms with E-state index >= 15 is 0 Å². The van der Waals surface area contributed by atoms with Crippen LogP contribution in [-0.4, -0.2) is 39.7 Å². The predicted octanol–water partition coefficient (Wildman–Crippen LogP) is 3.57. The Bertz CT molecular complexity index is 1400. The van der Waals surface area contributed by atoms with Crippen LogP contribution in [0.15, 0.2) is 67.0 Å². The van der Waals surface area contributed by atoms with Gasteiger partial charge in [-0.2, -0.15) is 0 Å². The van der Waals surface area contributed by atoms with Gasteiger partial charge in [0, 0.05) is 36.6 Å². The number of nitrogens with one attached hydrogen (secondary N) is 3. The number of pyridine rings is 1. The van der Waals surface area contributed by atoms with Crippen LogP contribution in [0.5, 0.6) is 0 Å². The summed E-state index contributed by atoms with van der Waals surface area (Å²) in [5.74, 6) is -1.03. The minimum Gasteiger partial charge on any atom is -0.329 e. The second-order valence-corrected chi connectivity index (χ2v) is 9.80. The highest BCUT2D eigenvalue weighted by Gasteiger charge is 2.39. The molecule has 9 heteroatoms. The van der Waals surface area contributed by atoms with Gasteiger partial charge in [-0.25, -0.2) is 4.79 Å². The van der Waals surface area contributed by atoms with Gasteiger partial charge < -0.3 is 15.5 Å². The van der Waals surface area contributed by atoms with Crippen LogP contribution >= 0.6 is 0 Å². The SMILES string of the molecule is CC(C)(NC(=O)Nc1ccc2c(c1)CN(C1CCC(=O)NC1=O)C2=O)c1cccc(-c2cccnc2)c1. The maximum Gasteiger partial charge on any atom is 0.319 e. The quantitative estimate of drug-likeness (QED) is 0.466. The minimum absolute atomic E-state index is 0.199. The molecule has 1 aromatic heterocycles. The number of hydrogen-bond acceptors (Lipinski definition) is 5. The Hall–Kier alpha value is -4.53. The van der Waals surface area contributed by atoms with Crippen LogP contribution in [-0.2, 0) is 21.7 Å². The molecule has 3 aromatic rings. The molecular weight excluding hydrogens is 470 g/mol. The Morgan fingerprint density at radius 2 is 1.86 bits per heavy atom. The van der Waals surface area contributed by atoms with Crippen molar-refractivity contribution in [3.8, 4) is 11.1 Å². The zero-order valence-corrected chi connectivity index (χ0v) is 20.6. The zero-order valence-electron chi connectivity index (χ0n) is 20.6. The lowest BCUT2D eigenvalue weighted by atomic mass is 9.91. The van der Waals surface area contributed by atoms with Crippen LogP contribution in [0.1, 0.15) is 48.2 Å². The van der Waals surface area contributed by atoms with Crippen molar-refractivity contribution < 1.29 is 19.2 Å². The van der Waals surface area contributed by atoms with E-state index < -0.39 is 17.5 Å². The van der Waals surface area contributed by atoms with E-state index in [1.165, 1.54) is 4.90 Å². The van der Waals surface area contributed by atoms with Gasteiger partial charge in [0.25, 0.3) is 5.91 Å². The topological polar surface area (TPSA) is 120 Å². The number of amides is 5. The Morgan fingerprint density at radius 3 is 2.62 bits per heavy atom. The summed E-state index contributed by atoms with van der Waals surface area (Å²) >= 11 is 0. The largest absolute Gasteiger partial charge is 0.329 e. The first-order valence-corrected chi connectivity index (χ1v) is 12.1. The molecule has 2 aromatic carbocycles. The molecule has 1 unspecified atom stereocenters. The second-order valence-electron chi connectivity index (χ2n) is 9.80. The van der Waals surface area contributed by atoms with E-state index in [1.54, 1.807) is 30.6 Å². The first-order valence-electron chi connectivity index (χ1n) is 12.1. The molecule has 0 spiro atoms. The molecule has 0 bridgehead atoms. The summed E-state index contributed by atoms with van der Waals surface area (Å²) in [4.78, 5) is 55.2. The van der Waals surface area contributed by atoms with Crippen molar-refractivity contribution in [1.82, 2.24) is 20.5 Å². The zero-order chi connectivity index (χ0) is 26.2. The molecule has 3 heterocycles. The van der Waals surface area contributed by atoms with E-state index in [0.29, 0.717) is 17.7 Å². The molecular formula is C28H27N5O4. The lowest BCUT2D eigenvalue weighted by Crippen LogP contribution is -2.52. The minimum atomic E-state index is -0.680. The number of hydrogen-bond donors (Lipinski definition) is 3. The third-order valence-corrected chi connectivity index (χ3v) is 6.79. The van der Waals surface area contributed by atoms with E-state index in [2.05, 4.69) is 20.9 Å². The molecule has 1 saturated heterocycles. The van der Waals surface area contributed by atoms with Crippen LogP contribution in [0.2, 0.25) is 0 Å². The van der Waals surface area contributed by atoms with E-state index in [9.17, 15) is 19.2 Å². The number of carbonyl (C=O) groups excluding carboxylic acids is 4. The summed E-state index contributed by atoms with van der Waals surface area (Å²) in [6.45, 7) is 4.09. The van der Waals surface area contributed by atoms with Gasteiger partial charge in [0.15, 0.2) is 0 Å². The van der Waals surface area contributed by atoms with E-state index in [-0.39, 0.29) is 30.8 Å². The van der Waals surface area contributed by atoms with Crippen molar-refractivity contribution in [1.29, 1.82) is 0 Å². The highest BCUT2D eigenvalue weighted by molar-refractivity contribution is 6.05. The summed E-state index contributed by atoms with van der Waals surface area (Å²) in [5, 5.41) is 8.17. The number of anilines is 1. The summed E-state index contributed by atoms with van der Waals surface area (Å²) < 4.78 is 0. The highest BCUT2D eigenvalue weighted by Crippen LogP contribution is 2.30. The highest BCUT2D eigenvalue weighted by atomic mass is 16.2. The lowest BCUT2D eigenvalue weighted by Gasteiger charge is -2.29. The molecule has 1 atom stereocenters. The molecule has 1 fully saturated rings. The van der Waals surface area contributed by atoms with Gasteiger partial charge in [0.05, 0.1) is 5.54 Å². The van der Waals surface area contributed by atoms with Crippen LogP contribution < -0.4 is 16.0 Å². The van der Waals surface area contributed by atoms with E-state index in [1.807, 2.05) is 50.2 Å². The van der Waals surface area contributed by atoms with E-state index in [4.69, 9.17) is 0 Å². The fourth-order valence-electron chi connectivity index (χ4n) is 4.79. The molecule has 2 aliphatic heterocycles. The fourth-order valence-corrected chi connectivity index (χ4v) is 4.79. The van der Waals surface area contributed by atoms with Crippen LogP contribution in [0.3, 0.4) is 0 Å². The number of carbonyl (C=O) groups is 4. The fraction of sp³-hybridized carbons (Fsp3) is 0.250. The molecule has 37 heavy (non-hydrogen) atoms. The van der Waals surface area contributed by atoms with Crippen LogP contribution in [0, 0.1) is 0 Å². The predicted molar refractivity (Wildman–Crippen MR) is 137 cm³/mol. The Balaban J connectivity index is 1.26. The molecule has 2 aliphatic rings. The molecule has 3 N–H and O–H groups in total. The monoisotopic (exact) mass is 497 g/mol. The summed E-state index contributed by atoms with van der Waals surface area (Å²) in [6, 6.07) is 15.8. The smallest absolute Gasteiger partial charge is 0.319 e. The third-order valence-electron chi connectivity index (χ3n) is 6.79. The normalized spacial score (nSPS) is 17.3. The van der Waals surface area contributed by atoms with Gasteiger partial charge >= 0.3 is 6.03 Å². The number of urea groups is 1. The molecule has 188 valence electrons. The van der Waals surface area contributed by atoms with Gasteiger partial charge in [-0.1, -0.05) is 24.3 Å². The third kappa shape index (κ3) is 4.93.